The summed E-state index contributed by atoms with van der Waals surface area (Å²) in [5.74, 6) is 6.56. The van der Waals surface area contributed by atoms with Crippen LogP contribution in [0.1, 0.15) is 43.2 Å². The minimum Gasteiger partial charge on any atom is -0.495 e. The summed E-state index contributed by atoms with van der Waals surface area (Å²) in [6.45, 7) is 0. The van der Waals surface area contributed by atoms with Crippen molar-refractivity contribution in [1.29, 1.82) is 0 Å². The number of amides is 1. The van der Waals surface area contributed by atoms with Gasteiger partial charge in [0.1, 0.15) is 15.7 Å². The quantitative estimate of drug-likeness (QED) is 0.474. The summed E-state index contributed by atoms with van der Waals surface area (Å²) in [5.41, 5.74) is 0.621. The van der Waals surface area contributed by atoms with Gasteiger partial charge in [0.15, 0.2) is 0 Å². The number of hydrogen-bond donors (Lipinski definition) is 2. The Labute approximate surface area is 157 Å². The highest BCUT2D eigenvalue weighted by Crippen LogP contribution is 2.29. The van der Waals surface area contributed by atoms with Crippen LogP contribution in [0.3, 0.4) is 0 Å². The standard InChI is InChI=1S/C19H19NO3S2/c1-23-15-6-5-13(12-16-17(21)20-18(24)25-16)11-14(15)7-10-19(22)8-3-2-4-9-19/h5-6,11-12,22H,2-4,8-9H2,1H3,(H,20,21,24)/b16-12-. The minimum absolute atomic E-state index is 0.185. The molecule has 0 radical (unpaired) electrons. The van der Waals surface area contributed by atoms with Crippen LogP contribution in [0.2, 0.25) is 0 Å². The lowest BCUT2D eigenvalue weighted by Crippen LogP contribution is -2.29. The first-order chi connectivity index (χ1) is 12.0. The summed E-state index contributed by atoms with van der Waals surface area (Å²) >= 11 is 6.25. The van der Waals surface area contributed by atoms with Gasteiger partial charge in [0.2, 0.25) is 0 Å². The van der Waals surface area contributed by atoms with Crippen molar-refractivity contribution in [2.24, 2.45) is 0 Å². The van der Waals surface area contributed by atoms with Crippen LogP contribution in [-0.2, 0) is 4.79 Å². The number of rotatable bonds is 2. The van der Waals surface area contributed by atoms with E-state index in [2.05, 4.69) is 17.2 Å². The van der Waals surface area contributed by atoms with E-state index in [1.807, 2.05) is 18.2 Å². The van der Waals surface area contributed by atoms with Gasteiger partial charge in [0.05, 0.1) is 17.6 Å². The van der Waals surface area contributed by atoms with Crippen LogP contribution in [0.25, 0.3) is 6.08 Å². The molecule has 0 unspecified atom stereocenters. The zero-order chi connectivity index (χ0) is 17.9. The van der Waals surface area contributed by atoms with Gasteiger partial charge in [-0.1, -0.05) is 48.3 Å². The van der Waals surface area contributed by atoms with Gasteiger partial charge in [-0.25, -0.2) is 0 Å². The maximum absolute atomic E-state index is 11.8. The van der Waals surface area contributed by atoms with Crippen LogP contribution < -0.4 is 10.1 Å². The number of thiocarbonyl (C=S) groups is 1. The summed E-state index contributed by atoms with van der Waals surface area (Å²) in [4.78, 5) is 12.4. The van der Waals surface area contributed by atoms with Crippen LogP contribution in [0.4, 0.5) is 0 Å². The number of hydrogen-bond acceptors (Lipinski definition) is 5. The Kier molecular flexibility index (Phi) is 5.48. The van der Waals surface area contributed by atoms with Crippen molar-refractivity contribution >= 4 is 40.3 Å². The lowest BCUT2D eigenvalue weighted by Gasteiger charge is -2.26. The molecule has 1 aromatic rings. The summed E-state index contributed by atoms with van der Waals surface area (Å²) < 4.78 is 5.83. The molecule has 6 heteroatoms. The maximum atomic E-state index is 11.8. The van der Waals surface area contributed by atoms with E-state index >= 15 is 0 Å². The molecule has 0 spiro atoms. The highest BCUT2D eigenvalue weighted by atomic mass is 32.2. The van der Waals surface area contributed by atoms with Gasteiger partial charge in [-0.2, -0.15) is 0 Å². The Morgan fingerprint density at radius 2 is 2.12 bits per heavy atom. The molecule has 4 nitrogen and oxygen atoms in total. The molecule has 1 aromatic carbocycles. The highest BCUT2D eigenvalue weighted by molar-refractivity contribution is 8.26. The summed E-state index contributed by atoms with van der Waals surface area (Å²) in [6.07, 6.45) is 6.35. The first kappa shape index (κ1) is 18.0. The maximum Gasteiger partial charge on any atom is 0.263 e. The molecule has 1 aliphatic carbocycles. The Balaban J connectivity index is 1.90. The number of methoxy groups -OCH3 is 1. The van der Waals surface area contributed by atoms with Crippen LogP contribution >= 0.6 is 24.0 Å². The van der Waals surface area contributed by atoms with Gasteiger partial charge < -0.3 is 15.2 Å². The minimum atomic E-state index is -0.912. The van der Waals surface area contributed by atoms with Crippen molar-refractivity contribution in [3.8, 4) is 17.6 Å². The van der Waals surface area contributed by atoms with Crippen LogP contribution in [0.15, 0.2) is 23.1 Å². The van der Waals surface area contributed by atoms with E-state index in [0.717, 1.165) is 24.8 Å². The van der Waals surface area contributed by atoms with Crippen molar-refractivity contribution in [2.75, 3.05) is 7.11 Å². The first-order valence-corrected chi connectivity index (χ1v) is 9.40. The second kappa shape index (κ2) is 7.61. The van der Waals surface area contributed by atoms with Gasteiger partial charge in [-0.3, -0.25) is 4.79 Å². The zero-order valence-corrected chi connectivity index (χ0v) is 15.6. The van der Waals surface area contributed by atoms with Crippen molar-refractivity contribution in [3.63, 3.8) is 0 Å². The van der Waals surface area contributed by atoms with Crippen molar-refractivity contribution in [3.05, 3.63) is 34.2 Å². The third kappa shape index (κ3) is 4.43. The molecule has 2 fully saturated rings. The molecule has 1 amide bonds. The number of thioether (sulfide) groups is 1. The molecule has 2 N–H and O–H groups in total. The van der Waals surface area contributed by atoms with Crippen LogP contribution in [-0.4, -0.2) is 28.0 Å². The molecular weight excluding hydrogens is 354 g/mol. The average molecular weight is 373 g/mol. The zero-order valence-electron chi connectivity index (χ0n) is 13.9. The second-order valence-corrected chi connectivity index (χ2v) is 7.87. The molecule has 1 heterocycles. The van der Waals surface area contributed by atoms with Gasteiger partial charge in [0, 0.05) is 0 Å². The normalized spacial score (nSPS) is 20.8. The van der Waals surface area contributed by atoms with Gasteiger partial charge in [0.25, 0.3) is 5.91 Å². The number of carbonyl (C=O) groups excluding carboxylic acids is 1. The third-order valence-electron chi connectivity index (χ3n) is 4.27. The van der Waals surface area contributed by atoms with Gasteiger partial charge >= 0.3 is 0 Å². The fourth-order valence-electron chi connectivity index (χ4n) is 2.93. The molecular formula is C19H19NO3S2. The molecule has 2 aliphatic rings. The third-order valence-corrected chi connectivity index (χ3v) is 5.44. The number of benzene rings is 1. The van der Waals surface area contributed by atoms with E-state index in [4.69, 9.17) is 17.0 Å². The largest absolute Gasteiger partial charge is 0.495 e. The summed E-state index contributed by atoms with van der Waals surface area (Å²) in [5, 5.41) is 13.2. The van der Waals surface area contributed by atoms with E-state index in [1.54, 1.807) is 13.2 Å². The molecule has 1 saturated carbocycles. The molecule has 0 aromatic heterocycles. The second-order valence-electron chi connectivity index (χ2n) is 6.15. The van der Waals surface area contributed by atoms with E-state index in [-0.39, 0.29) is 5.91 Å². The van der Waals surface area contributed by atoms with Crippen molar-refractivity contribution < 1.29 is 14.6 Å². The van der Waals surface area contributed by atoms with E-state index in [9.17, 15) is 9.90 Å². The van der Waals surface area contributed by atoms with Crippen molar-refractivity contribution in [1.82, 2.24) is 5.32 Å². The molecule has 0 atom stereocenters. The number of nitrogens with one attached hydrogen (secondary N) is 1. The van der Waals surface area contributed by atoms with E-state index in [0.29, 0.717) is 33.4 Å². The van der Waals surface area contributed by atoms with E-state index < -0.39 is 5.60 Å². The van der Waals surface area contributed by atoms with E-state index in [1.165, 1.54) is 11.8 Å². The SMILES string of the molecule is COc1ccc(/C=C2\SC(=S)NC2=O)cc1C#CC1(O)CCCCC1. The fourth-order valence-corrected chi connectivity index (χ4v) is 3.98. The Morgan fingerprint density at radius 3 is 2.76 bits per heavy atom. The fraction of sp³-hybridized carbons (Fsp3) is 0.368. The lowest BCUT2D eigenvalue weighted by atomic mass is 9.85. The first-order valence-electron chi connectivity index (χ1n) is 8.17. The molecule has 0 bridgehead atoms. The molecule has 1 saturated heterocycles. The van der Waals surface area contributed by atoms with Gasteiger partial charge in [-0.05, 0) is 49.5 Å². The highest BCUT2D eigenvalue weighted by Gasteiger charge is 2.26. The summed E-state index contributed by atoms with van der Waals surface area (Å²) in [6, 6.07) is 5.54. The number of carbonyl (C=O) groups is 1. The Morgan fingerprint density at radius 1 is 1.36 bits per heavy atom. The Bertz CT molecular complexity index is 799. The monoisotopic (exact) mass is 373 g/mol. The predicted molar refractivity (Wildman–Crippen MR) is 104 cm³/mol. The molecule has 3 rings (SSSR count). The van der Waals surface area contributed by atoms with Gasteiger partial charge in [-0.15, -0.1) is 0 Å². The number of ether oxygens (including phenoxy) is 1. The topological polar surface area (TPSA) is 58.6 Å². The lowest BCUT2D eigenvalue weighted by molar-refractivity contribution is -0.115. The Hall–Kier alpha value is -1.81. The molecule has 25 heavy (non-hydrogen) atoms. The average Bonchev–Trinajstić information content (AvgIpc) is 2.91. The van der Waals surface area contributed by atoms with Crippen LogP contribution in [0.5, 0.6) is 5.75 Å². The van der Waals surface area contributed by atoms with Crippen LogP contribution in [0, 0.1) is 11.8 Å². The molecule has 130 valence electrons. The van der Waals surface area contributed by atoms with Crippen molar-refractivity contribution in [2.45, 2.75) is 37.7 Å². The smallest absolute Gasteiger partial charge is 0.263 e. The predicted octanol–water partition coefficient (Wildman–Crippen LogP) is 3.23. The summed E-state index contributed by atoms with van der Waals surface area (Å²) in [7, 11) is 1.59. The molecule has 1 aliphatic heterocycles. The number of aliphatic hydroxyl groups is 1.